The van der Waals surface area contributed by atoms with Crippen molar-refractivity contribution < 1.29 is 4.79 Å². The molecule has 1 fully saturated rings. The van der Waals surface area contributed by atoms with Crippen LogP contribution < -0.4 is 5.32 Å². The minimum atomic E-state index is -0.204. The van der Waals surface area contributed by atoms with Crippen molar-refractivity contribution in [3.8, 4) is 6.07 Å². The normalized spacial score (nSPS) is 16.2. The largest absolute Gasteiger partial charge is 0.354 e. The van der Waals surface area contributed by atoms with Gasteiger partial charge in [-0.05, 0) is 25.0 Å². The molecule has 0 aromatic carbocycles. The minimum Gasteiger partial charge on any atom is -0.354 e. The quantitative estimate of drug-likeness (QED) is 0.819. The topological polar surface area (TPSA) is 65.8 Å². The Labute approximate surface area is 94.3 Å². The Balaban J connectivity index is 1.95. The number of rotatable bonds is 4. The van der Waals surface area contributed by atoms with Gasteiger partial charge in [0.1, 0.15) is 6.42 Å². The molecule has 1 N–H and O–H groups in total. The Morgan fingerprint density at radius 2 is 2.38 bits per heavy atom. The first-order chi connectivity index (χ1) is 7.77. The molecule has 4 heteroatoms. The molecule has 1 saturated carbocycles. The lowest BCUT2D eigenvalue weighted by molar-refractivity contribution is -0.120. The predicted octanol–water partition coefficient (Wildman–Crippen LogP) is 1.14. The molecule has 1 heterocycles. The first kappa shape index (κ1) is 10.6. The molecule has 0 spiro atoms. The third-order valence-corrected chi connectivity index (χ3v) is 2.93. The molecule has 1 aliphatic rings. The fourth-order valence-electron chi connectivity index (χ4n) is 1.75. The van der Waals surface area contributed by atoms with E-state index < -0.39 is 0 Å². The number of amides is 1. The van der Waals surface area contributed by atoms with Gasteiger partial charge < -0.3 is 5.32 Å². The van der Waals surface area contributed by atoms with Gasteiger partial charge in [0.15, 0.2) is 0 Å². The molecule has 82 valence electrons. The fraction of sp³-hybridized carbons (Fsp3) is 0.417. The first-order valence-electron chi connectivity index (χ1n) is 5.32. The van der Waals surface area contributed by atoms with Crippen LogP contribution in [0.25, 0.3) is 0 Å². The van der Waals surface area contributed by atoms with E-state index in [1.165, 1.54) is 0 Å². The maximum atomic E-state index is 11.2. The zero-order valence-electron chi connectivity index (χ0n) is 8.94. The highest BCUT2D eigenvalue weighted by Gasteiger charge is 2.45. The van der Waals surface area contributed by atoms with Crippen molar-refractivity contribution in [3.05, 3.63) is 30.1 Å². The van der Waals surface area contributed by atoms with Crippen LogP contribution in [0.5, 0.6) is 0 Å². The van der Waals surface area contributed by atoms with Crippen molar-refractivity contribution in [2.24, 2.45) is 0 Å². The van der Waals surface area contributed by atoms with E-state index in [0.29, 0.717) is 6.54 Å². The SMILES string of the molecule is N#CCC(=O)NCC1(c2ccccn2)CC1. The molecule has 1 aromatic rings. The summed E-state index contributed by atoms with van der Waals surface area (Å²) in [7, 11) is 0. The Bertz CT molecular complexity index is 418. The molecule has 0 saturated heterocycles. The smallest absolute Gasteiger partial charge is 0.234 e. The van der Waals surface area contributed by atoms with Gasteiger partial charge in [0.25, 0.3) is 0 Å². The van der Waals surface area contributed by atoms with Gasteiger partial charge in [0.2, 0.25) is 5.91 Å². The summed E-state index contributed by atoms with van der Waals surface area (Å²) >= 11 is 0. The number of carbonyl (C=O) groups is 1. The molecule has 0 radical (unpaired) electrons. The summed E-state index contributed by atoms with van der Waals surface area (Å²) < 4.78 is 0. The van der Waals surface area contributed by atoms with E-state index in [2.05, 4.69) is 10.3 Å². The van der Waals surface area contributed by atoms with Crippen molar-refractivity contribution in [3.63, 3.8) is 0 Å². The number of nitrogens with zero attached hydrogens (tertiary/aromatic N) is 2. The van der Waals surface area contributed by atoms with Crippen LogP contribution >= 0.6 is 0 Å². The van der Waals surface area contributed by atoms with Crippen LogP contribution in [0.15, 0.2) is 24.4 Å². The molecule has 0 bridgehead atoms. The Kier molecular flexibility index (Phi) is 2.86. The van der Waals surface area contributed by atoms with Crippen molar-refractivity contribution in [2.45, 2.75) is 24.7 Å². The molecule has 0 aliphatic heterocycles. The summed E-state index contributed by atoms with van der Waals surface area (Å²) in [6.45, 7) is 0.588. The molecule has 16 heavy (non-hydrogen) atoms. The summed E-state index contributed by atoms with van der Waals surface area (Å²) in [6, 6.07) is 7.67. The monoisotopic (exact) mass is 215 g/mol. The van der Waals surface area contributed by atoms with E-state index in [0.717, 1.165) is 18.5 Å². The molecule has 0 unspecified atom stereocenters. The molecule has 4 nitrogen and oxygen atoms in total. The highest BCUT2D eigenvalue weighted by atomic mass is 16.1. The zero-order chi connectivity index (χ0) is 11.4. The lowest BCUT2D eigenvalue weighted by Gasteiger charge is -2.14. The van der Waals surface area contributed by atoms with Crippen LogP contribution in [0.1, 0.15) is 25.0 Å². The second kappa shape index (κ2) is 4.31. The van der Waals surface area contributed by atoms with Crippen LogP contribution in [0, 0.1) is 11.3 Å². The van der Waals surface area contributed by atoms with E-state index in [4.69, 9.17) is 5.26 Å². The van der Waals surface area contributed by atoms with Crippen LogP contribution in [0.4, 0.5) is 0 Å². The summed E-state index contributed by atoms with van der Waals surface area (Å²) in [6.07, 6.45) is 3.80. The van der Waals surface area contributed by atoms with Gasteiger partial charge in [-0.15, -0.1) is 0 Å². The lowest BCUT2D eigenvalue weighted by atomic mass is 10.0. The van der Waals surface area contributed by atoms with Gasteiger partial charge in [-0.25, -0.2) is 0 Å². The van der Waals surface area contributed by atoms with E-state index in [1.54, 1.807) is 6.20 Å². The third kappa shape index (κ3) is 2.19. The van der Waals surface area contributed by atoms with Gasteiger partial charge in [-0.1, -0.05) is 6.07 Å². The number of nitrogens with one attached hydrogen (secondary N) is 1. The van der Waals surface area contributed by atoms with Gasteiger partial charge in [-0.3, -0.25) is 9.78 Å². The summed E-state index contributed by atoms with van der Waals surface area (Å²) in [5.41, 5.74) is 1.05. The fourth-order valence-corrected chi connectivity index (χ4v) is 1.75. The molecular weight excluding hydrogens is 202 g/mol. The van der Waals surface area contributed by atoms with Gasteiger partial charge in [0.05, 0.1) is 6.07 Å². The van der Waals surface area contributed by atoms with E-state index >= 15 is 0 Å². The number of nitriles is 1. The molecule has 0 atom stereocenters. The van der Waals surface area contributed by atoms with Crippen molar-refractivity contribution in [1.82, 2.24) is 10.3 Å². The summed E-state index contributed by atoms with van der Waals surface area (Å²) in [4.78, 5) is 15.5. The van der Waals surface area contributed by atoms with Crippen molar-refractivity contribution in [2.75, 3.05) is 6.54 Å². The summed E-state index contributed by atoms with van der Waals surface area (Å²) in [5, 5.41) is 11.2. The van der Waals surface area contributed by atoms with Gasteiger partial charge in [-0.2, -0.15) is 5.26 Å². The molecule has 1 aliphatic carbocycles. The highest BCUT2D eigenvalue weighted by Crippen LogP contribution is 2.46. The van der Waals surface area contributed by atoms with Gasteiger partial charge >= 0.3 is 0 Å². The maximum Gasteiger partial charge on any atom is 0.234 e. The second-order valence-electron chi connectivity index (χ2n) is 4.11. The molecular formula is C12H13N3O. The van der Waals surface area contributed by atoms with E-state index in [9.17, 15) is 4.79 Å². The van der Waals surface area contributed by atoms with Crippen LogP contribution in [0.2, 0.25) is 0 Å². The van der Waals surface area contributed by atoms with Crippen molar-refractivity contribution >= 4 is 5.91 Å². The average molecular weight is 215 g/mol. The Morgan fingerprint density at radius 3 is 2.94 bits per heavy atom. The number of aromatic nitrogens is 1. The first-order valence-corrected chi connectivity index (χ1v) is 5.32. The predicted molar refractivity (Wildman–Crippen MR) is 58.4 cm³/mol. The number of hydrogen-bond acceptors (Lipinski definition) is 3. The van der Waals surface area contributed by atoms with Crippen LogP contribution in [-0.2, 0) is 10.2 Å². The average Bonchev–Trinajstić information content (AvgIpc) is 3.09. The van der Waals surface area contributed by atoms with E-state index in [1.807, 2.05) is 24.3 Å². The summed E-state index contributed by atoms with van der Waals surface area (Å²) in [5.74, 6) is -0.204. The zero-order valence-corrected chi connectivity index (χ0v) is 8.94. The molecule has 2 rings (SSSR count). The molecule has 1 amide bonds. The van der Waals surface area contributed by atoms with Crippen LogP contribution in [-0.4, -0.2) is 17.4 Å². The van der Waals surface area contributed by atoms with E-state index in [-0.39, 0.29) is 17.7 Å². The Morgan fingerprint density at radius 1 is 1.56 bits per heavy atom. The number of carbonyl (C=O) groups excluding carboxylic acids is 1. The lowest BCUT2D eigenvalue weighted by Crippen LogP contribution is -2.32. The second-order valence-corrected chi connectivity index (χ2v) is 4.11. The Hall–Kier alpha value is -1.89. The van der Waals surface area contributed by atoms with Gasteiger partial charge in [0, 0.05) is 23.9 Å². The number of pyridine rings is 1. The maximum absolute atomic E-state index is 11.2. The van der Waals surface area contributed by atoms with Crippen LogP contribution in [0.3, 0.4) is 0 Å². The number of hydrogen-bond donors (Lipinski definition) is 1. The molecule has 1 aromatic heterocycles. The minimum absolute atomic E-state index is 0.0202. The standard InChI is InChI=1S/C12H13N3O/c13-7-4-11(16)15-9-12(5-6-12)10-3-1-2-8-14-10/h1-3,8H,4-6,9H2,(H,15,16). The highest BCUT2D eigenvalue weighted by molar-refractivity contribution is 5.78. The third-order valence-electron chi connectivity index (χ3n) is 2.93. The van der Waals surface area contributed by atoms with Crippen molar-refractivity contribution in [1.29, 1.82) is 5.26 Å².